The number of carbonyl (C=O) groups is 1. The first kappa shape index (κ1) is 33.1. The standard InChI is InChI=1S/C34H35F2N3O2.C2H6/c1-23(2)33(31-20-28(34(40)41)15-17-37-31)39(18-16-25-7-11-29(35)12-8-25)32-19-27(6-5-24(32)3)22-38(4)21-26-9-13-30(36)14-10-26;1-2/h5-15,17,19-20H,16,18,21-22H2,1-4H3,(H,40,41);1-2H3. The summed E-state index contributed by atoms with van der Waals surface area (Å²) in [5.41, 5.74) is 7.71. The number of carboxylic acid groups (broad SMARTS) is 1. The number of allylic oxidation sites excluding steroid dienone is 1. The number of aromatic carboxylic acids is 1. The summed E-state index contributed by atoms with van der Waals surface area (Å²) in [5, 5.41) is 9.63. The van der Waals surface area contributed by atoms with Crippen molar-refractivity contribution >= 4 is 17.4 Å². The van der Waals surface area contributed by atoms with Gasteiger partial charge in [0.1, 0.15) is 11.6 Å². The molecule has 0 amide bonds. The van der Waals surface area contributed by atoms with Crippen molar-refractivity contribution in [2.24, 2.45) is 0 Å². The molecule has 0 fully saturated rings. The first-order chi connectivity index (χ1) is 20.6. The van der Waals surface area contributed by atoms with E-state index in [4.69, 9.17) is 0 Å². The molecule has 0 saturated carbocycles. The van der Waals surface area contributed by atoms with Gasteiger partial charge in [-0.1, -0.05) is 55.8 Å². The van der Waals surface area contributed by atoms with Crippen LogP contribution < -0.4 is 4.90 Å². The number of nitrogens with zero attached hydrogens (tertiary/aromatic N) is 3. The molecule has 1 N–H and O–H groups in total. The lowest BCUT2D eigenvalue weighted by molar-refractivity contribution is 0.0696. The van der Waals surface area contributed by atoms with E-state index in [1.54, 1.807) is 30.3 Å². The van der Waals surface area contributed by atoms with Crippen molar-refractivity contribution in [2.45, 2.75) is 54.1 Å². The molecule has 0 bridgehead atoms. The third kappa shape index (κ3) is 9.32. The van der Waals surface area contributed by atoms with Gasteiger partial charge in [-0.3, -0.25) is 9.88 Å². The smallest absolute Gasteiger partial charge is 0.335 e. The number of hydrogen-bond acceptors (Lipinski definition) is 4. The molecule has 1 heterocycles. The Labute approximate surface area is 254 Å². The van der Waals surface area contributed by atoms with Crippen LogP contribution in [0.25, 0.3) is 5.70 Å². The van der Waals surface area contributed by atoms with E-state index in [-0.39, 0.29) is 17.2 Å². The van der Waals surface area contributed by atoms with Crippen LogP contribution in [-0.4, -0.2) is 34.6 Å². The van der Waals surface area contributed by atoms with Crippen molar-refractivity contribution in [1.29, 1.82) is 0 Å². The molecule has 0 aliphatic heterocycles. The molecule has 5 nitrogen and oxygen atoms in total. The van der Waals surface area contributed by atoms with Crippen molar-refractivity contribution in [2.75, 3.05) is 18.5 Å². The summed E-state index contributed by atoms with van der Waals surface area (Å²) in [6, 6.07) is 22.5. The van der Waals surface area contributed by atoms with Crippen molar-refractivity contribution in [3.05, 3.63) is 136 Å². The van der Waals surface area contributed by atoms with Gasteiger partial charge in [-0.2, -0.15) is 0 Å². The summed E-state index contributed by atoms with van der Waals surface area (Å²) in [4.78, 5) is 20.7. The second-order valence-corrected chi connectivity index (χ2v) is 10.5. The maximum Gasteiger partial charge on any atom is 0.335 e. The van der Waals surface area contributed by atoms with Crippen LogP contribution >= 0.6 is 0 Å². The Morgan fingerprint density at radius 3 is 1.95 bits per heavy atom. The Hall–Kier alpha value is -4.36. The van der Waals surface area contributed by atoms with Gasteiger partial charge in [0.05, 0.1) is 17.0 Å². The highest BCUT2D eigenvalue weighted by Gasteiger charge is 2.21. The minimum atomic E-state index is -1.01. The van der Waals surface area contributed by atoms with Gasteiger partial charge in [0.25, 0.3) is 0 Å². The Balaban J connectivity index is 0.00000248. The lowest BCUT2D eigenvalue weighted by Crippen LogP contribution is -2.27. The molecule has 226 valence electrons. The number of hydrogen-bond donors (Lipinski definition) is 1. The zero-order valence-electron chi connectivity index (χ0n) is 25.9. The maximum absolute atomic E-state index is 13.6. The molecule has 0 spiro atoms. The molecule has 3 aromatic carbocycles. The summed E-state index contributed by atoms with van der Waals surface area (Å²) in [7, 11) is 2.03. The van der Waals surface area contributed by atoms with Crippen LogP contribution in [0.1, 0.15) is 66.0 Å². The van der Waals surface area contributed by atoms with E-state index in [0.29, 0.717) is 31.7 Å². The molecule has 4 aromatic rings. The van der Waals surface area contributed by atoms with E-state index >= 15 is 0 Å². The molecule has 0 aliphatic rings. The van der Waals surface area contributed by atoms with E-state index in [2.05, 4.69) is 39.9 Å². The first-order valence-electron chi connectivity index (χ1n) is 14.5. The largest absolute Gasteiger partial charge is 0.478 e. The second-order valence-electron chi connectivity index (χ2n) is 10.5. The van der Waals surface area contributed by atoms with E-state index in [0.717, 1.165) is 39.2 Å². The van der Waals surface area contributed by atoms with Crippen molar-refractivity contribution in [3.8, 4) is 0 Å². The van der Waals surface area contributed by atoms with Crippen LogP contribution in [0.5, 0.6) is 0 Å². The Kier molecular flexibility index (Phi) is 12.1. The molecule has 0 radical (unpaired) electrons. The van der Waals surface area contributed by atoms with Crippen molar-refractivity contribution in [3.63, 3.8) is 0 Å². The monoisotopic (exact) mass is 585 g/mol. The predicted molar refractivity (Wildman–Crippen MR) is 171 cm³/mol. The van der Waals surface area contributed by atoms with Gasteiger partial charge in [0, 0.05) is 31.5 Å². The molecule has 1 aromatic heterocycles. The highest BCUT2D eigenvalue weighted by Crippen LogP contribution is 2.32. The number of pyridine rings is 1. The van der Waals surface area contributed by atoms with Gasteiger partial charge < -0.3 is 10.0 Å². The number of rotatable bonds is 11. The first-order valence-corrected chi connectivity index (χ1v) is 14.5. The fourth-order valence-corrected chi connectivity index (χ4v) is 4.92. The van der Waals surface area contributed by atoms with Gasteiger partial charge in [-0.15, -0.1) is 0 Å². The van der Waals surface area contributed by atoms with Crippen LogP contribution in [0, 0.1) is 18.6 Å². The third-order valence-electron chi connectivity index (χ3n) is 6.91. The zero-order chi connectivity index (χ0) is 31.5. The van der Waals surface area contributed by atoms with Gasteiger partial charge in [-0.25, -0.2) is 13.6 Å². The topological polar surface area (TPSA) is 56.7 Å². The fourth-order valence-electron chi connectivity index (χ4n) is 4.92. The van der Waals surface area contributed by atoms with E-state index in [9.17, 15) is 18.7 Å². The number of carboxylic acids is 1. The minimum absolute atomic E-state index is 0.167. The lowest BCUT2D eigenvalue weighted by Gasteiger charge is -2.31. The van der Waals surface area contributed by atoms with Crippen molar-refractivity contribution < 1.29 is 18.7 Å². The van der Waals surface area contributed by atoms with Crippen LogP contribution in [0.2, 0.25) is 0 Å². The number of benzene rings is 3. The van der Waals surface area contributed by atoms with Crippen LogP contribution in [-0.2, 0) is 19.5 Å². The molecule has 7 heteroatoms. The number of aryl methyl sites for hydroxylation is 1. The van der Waals surface area contributed by atoms with Crippen LogP contribution in [0.3, 0.4) is 0 Å². The predicted octanol–water partition coefficient (Wildman–Crippen LogP) is 8.52. The van der Waals surface area contributed by atoms with E-state index in [1.807, 2.05) is 34.7 Å². The molecular weight excluding hydrogens is 544 g/mol. The van der Waals surface area contributed by atoms with Gasteiger partial charge in [-0.05, 0) is 99.0 Å². The van der Waals surface area contributed by atoms with E-state index < -0.39 is 5.97 Å². The summed E-state index contributed by atoms with van der Waals surface area (Å²) < 4.78 is 26.9. The third-order valence-corrected chi connectivity index (χ3v) is 6.91. The maximum atomic E-state index is 13.6. The fraction of sp³-hybridized carbons (Fsp3) is 0.278. The van der Waals surface area contributed by atoms with Crippen LogP contribution in [0.4, 0.5) is 14.5 Å². The molecule has 0 atom stereocenters. The lowest BCUT2D eigenvalue weighted by atomic mass is 10.0. The van der Waals surface area contributed by atoms with Crippen molar-refractivity contribution in [1.82, 2.24) is 9.88 Å². The molecule has 0 saturated heterocycles. The average molecular weight is 586 g/mol. The quantitative estimate of drug-likeness (QED) is 0.191. The zero-order valence-corrected chi connectivity index (χ0v) is 25.9. The summed E-state index contributed by atoms with van der Waals surface area (Å²) in [6.07, 6.45) is 2.16. The van der Waals surface area contributed by atoms with E-state index in [1.165, 1.54) is 36.5 Å². The SMILES string of the molecule is CC.CC(C)=C(c1cc(C(=O)O)ccn1)N(CCc1ccc(F)cc1)c1cc(CN(C)Cc2ccc(F)cc2)ccc1C. The summed E-state index contributed by atoms with van der Waals surface area (Å²) in [6.45, 7) is 11.9. The number of anilines is 1. The highest BCUT2D eigenvalue weighted by atomic mass is 19.1. The Morgan fingerprint density at radius 1 is 0.814 bits per heavy atom. The Bertz CT molecular complexity index is 1530. The summed E-state index contributed by atoms with van der Waals surface area (Å²) >= 11 is 0. The summed E-state index contributed by atoms with van der Waals surface area (Å²) in [5.74, 6) is -1.54. The molecule has 4 rings (SSSR count). The van der Waals surface area contributed by atoms with Crippen LogP contribution in [0.15, 0.2) is 90.6 Å². The average Bonchev–Trinajstić information content (AvgIpc) is 2.99. The molecular formula is C36H41F2N3O2. The molecule has 43 heavy (non-hydrogen) atoms. The van der Waals surface area contributed by atoms with Gasteiger partial charge in [0.15, 0.2) is 0 Å². The highest BCUT2D eigenvalue weighted by molar-refractivity contribution is 5.90. The second kappa shape index (κ2) is 15.8. The molecule has 0 unspecified atom stereocenters. The van der Waals surface area contributed by atoms with Gasteiger partial charge >= 0.3 is 5.97 Å². The number of aromatic nitrogens is 1. The normalized spacial score (nSPS) is 10.6. The minimum Gasteiger partial charge on any atom is -0.478 e. The van der Waals surface area contributed by atoms with Gasteiger partial charge in [0.2, 0.25) is 0 Å². The number of halogens is 2. The Morgan fingerprint density at radius 2 is 1.37 bits per heavy atom. The molecule has 0 aliphatic carbocycles.